The minimum atomic E-state index is -0.0692. The van der Waals surface area contributed by atoms with Crippen LogP contribution in [-0.4, -0.2) is 14.4 Å². The third-order valence-corrected chi connectivity index (χ3v) is 5.26. The first kappa shape index (κ1) is 15.0. The van der Waals surface area contributed by atoms with Crippen LogP contribution < -0.4 is 5.56 Å². The lowest BCUT2D eigenvalue weighted by atomic mass is 10.2. The summed E-state index contributed by atoms with van der Waals surface area (Å²) in [6.45, 7) is 1.97. The fraction of sp³-hybridized carbons (Fsp3) is 0.0556. The SMILES string of the molecule is Cc1ncc(C=Cc2cc(=O)n3c(-c4ccccc4)csc3n2)s1. The third kappa shape index (κ3) is 2.81. The minimum absolute atomic E-state index is 0.0692. The van der Waals surface area contributed by atoms with Crippen molar-refractivity contribution in [2.75, 3.05) is 0 Å². The summed E-state index contributed by atoms with van der Waals surface area (Å²) >= 11 is 3.08. The monoisotopic (exact) mass is 351 g/mol. The summed E-state index contributed by atoms with van der Waals surface area (Å²) in [6.07, 6.45) is 5.62. The zero-order valence-electron chi connectivity index (χ0n) is 12.8. The number of hydrogen-bond donors (Lipinski definition) is 0. The molecule has 0 amide bonds. The van der Waals surface area contributed by atoms with Gasteiger partial charge in [0.25, 0.3) is 5.56 Å². The first-order valence-corrected chi connectivity index (χ1v) is 9.07. The Morgan fingerprint density at radius 2 is 2.00 bits per heavy atom. The lowest BCUT2D eigenvalue weighted by Gasteiger charge is -2.01. The highest BCUT2D eigenvalue weighted by Crippen LogP contribution is 2.24. The summed E-state index contributed by atoms with van der Waals surface area (Å²) in [6, 6.07) is 11.4. The zero-order valence-corrected chi connectivity index (χ0v) is 14.5. The Morgan fingerprint density at radius 1 is 1.17 bits per heavy atom. The first-order chi connectivity index (χ1) is 11.7. The zero-order chi connectivity index (χ0) is 16.5. The predicted octanol–water partition coefficient (Wildman–Crippen LogP) is 4.36. The number of rotatable bonds is 3. The largest absolute Gasteiger partial charge is 0.269 e. The number of thiazole rings is 2. The molecule has 0 aliphatic rings. The summed E-state index contributed by atoms with van der Waals surface area (Å²) in [5.41, 5.74) is 2.48. The molecule has 118 valence electrons. The Morgan fingerprint density at radius 3 is 2.75 bits per heavy atom. The van der Waals surface area contributed by atoms with Gasteiger partial charge in [0.2, 0.25) is 0 Å². The van der Waals surface area contributed by atoms with Crippen LogP contribution in [-0.2, 0) is 0 Å². The number of fused-ring (bicyclic) bond motifs is 1. The standard InChI is InChI=1S/C18H13N3OS2/c1-12-19-10-15(24-12)8-7-14-9-17(22)21-16(11-23-18(21)20-14)13-5-3-2-4-6-13/h2-11H,1H3. The molecule has 0 aliphatic carbocycles. The smallest absolute Gasteiger partial charge is 0.259 e. The molecular formula is C18H13N3OS2. The minimum Gasteiger partial charge on any atom is -0.269 e. The van der Waals surface area contributed by atoms with Gasteiger partial charge in [-0.2, -0.15) is 0 Å². The van der Waals surface area contributed by atoms with Crippen molar-refractivity contribution in [3.8, 4) is 11.3 Å². The Hall–Kier alpha value is -2.57. The Balaban J connectivity index is 1.77. The van der Waals surface area contributed by atoms with Crippen LogP contribution in [0.4, 0.5) is 0 Å². The second-order valence-electron chi connectivity index (χ2n) is 5.24. The van der Waals surface area contributed by atoms with Gasteiger partial charge in [-0.3, -0.25) is 9.20 Å². The van der Waals surface area contributed by atoms with Crippen molar-refractivity contribution in [1.82, 2.24) is 14.4 Å². The van der Waals surface area contributed by atoms with Crippen LogP contribution in [0.5, 0.6) is 0 Å². The highest BCUT2D eigenvalue weighted by atomic mass is 32.1. The maximum Gasteiger partial charge on any atom is 0.259 e. The summed E-state index contributed by atoms with van der Waals surface area (Å²) in [5, 5.41) is 2.99. The Kier molecular flexibility index (Phi) is 3.84. The average molecular weight is 351 g/mol. The second-order valence-corrected chi connectivity index (χ2v) is 7.34. The van der Waals surface area contributed by atoms with Gasteiger partial charge in [-0.25, -0.2) is 9.97 Å². The van der Waals surface area contributed by atoms with Crippen LogP contribution in [0.2, 0.25) is 0 Å². The van der Waals surface area contributed by atoms with Crippen molar-refractivity contribution in [3.63, 3.8) is 0 Å². The summed E-state index contributed by atoms with van der Waals surface area (Å²) < 4.78 is 1.66. The van der Waals surface area contributed by atoms with E-state index in [1.165, 1.54) is 11.3 Å². The number of aromatic nitrogens is 3. The maximum atomic E-state index is 12.6. The lowest BCUT2D eigenvalue weighted by Crippen LogP contribution is -2.13. The van der Waals surface area contributed by atoms with Gasteiger partial charge in [0, 0.05) is 22.5 Å². The van der Waals surface area contributed by atoms with E-state index in [1.54, 1.807) is 21.8 Å². The van der Waals surface area contributed by atoms with Crippen LogP contribution in [0.15, 0.2) is 52.8 Å². The Bertz CT molecular complexity index is 1090. The molecule has 24 heavy (non-hydrogen) atoms. The molecule has 0 aliphatic heterocycles. The molecule has 0 fully saturated rings. The highest BCUT2D eigenvalue weighted by Gasteiger charge is 2.09. The van der Waals surface area contributed by atoms with Crippen LogP contribution >= 0.6 is 22.7 Å². The number of benzene rings is 1. The molecule has 6 heteroatoms. The molecule has 0 saturated heterocycles. The quantitative estimate of drug-likeness (QED) is 0.551. The van der Waals surface area contributed by atoms with Crippen molar-refractivity contribution in [3.05, 3.63) is 73.9 Å². The lowest BCUT2D eigenvalue weighted by molar-refractivity contribution is 1.08. The van der Waals surface area contributed by atoms with E-state index in [0.717, 1.165) is 21.1 Å². The van der Waals surface area contributed by atoms with Gasteiger partial charge < -0.3 is 0 Å². The number of nitrogens with zero attached hydrogens (tertiary/aromatic N) is 3. The number of aryl methyl sites for hydroxylation is 1. The van der Waals surface area contributed by atoms with Crippen molar-refractivity contribution in [1.29, 1.82) is 0 Å². The molecule has 0 radical (unpaired) electrons. The molecule has 4 aromatic rings. The molecule has 0 saturated carbocycles. The predicted molar refractivity (Wildman–Crippen MR) is 101 cm³/mol. The van der Waals surface area contributed by atoms with Crippen LogP contribution in [0, 0.1) is 6.92 Å². The maximum absolute atomic E-state index is 12.6. The second kappa shape index (κ2) is 6.14. The van der Waals surface area contributed by atoms with Gasteiger partial charge in [-0.1, -0.05) is 30.3 Å². The van der Waals surface area contributed by atoms with Gasteiger partial charge in [0.1, 0.15) is 0 Å². The molecule has 0 N–H and O–H groups in total. The van der Waals surface area contributed by atoms with Crippen molar-refractivity contribution < 1.29 is 0 Å². The molecule has 0 spiro atoms. The fourth-order valence-corrected chi connectivity index (χ4v) is 4.05. The van der Waals surface area contributed by atoms with E-state index in [9.17, 15) is 4.79 Å². The van der Waals surface area contributed by atoms with E-state index in [1.807, 2.05) is 61.0 Å². The van der Waals surface area contributed by atoms with E-state index in [4.69, 9.17) is 0 Å². The first-order valence-electron chi connectivity index (χ1n) is 7.38. The van der Waals surface area contributed by atoms with Crippen LogP contribution in [0.25, 0.3) is 28.4 Å². The van der Waals surface area contributed by atoms with E-state index < -0.39 is 0 Å². The highest BCUT2D eigenvalue weighted by molar-refractivity contribution is 7.15. The molecule has 4 rings (SSSR count). The van der Waals surface area contributed by atoms with Crippen molar-refractivity contribution in [2.45, 2.75) is 6.92 Å². The topological polar surface area (TPSA) is 47.3 Å². The van der Waals surface area contributed by atoms with Gasteiger partial charge in [-0.15, -0.1) is 22.7 Å². The molecule has 0 atom stereocenters. The summed E-state index contributed by atoms with van der Waals surface area (Å²) in [5.74, 6) is 0. The van der Waals surface area contributed by atoms with Crippen molar-refractivity contribution >= 4 is 39.8 Å². The summed E-state index contributed by atoms with van der Waals surface area (Å²) in [4.78, 5) is 23.1. The fourth-order valence-electron chi connectivity index (χ4n) is 2.45. The van der Waals surface area contributed by atoms with Crippen LogP contribution in [0.3, 0.4) is 0 Å². The molecule has 4 nitrogen and oxygen atoms in total. The van der Waals surface area contributed by atoms with E-state index >= 15 is 0 Å². The molecule has 0 bridgehead atoms. The van der Waals surface area contributed by atoms with Gasteiger partial charge >= 0.3 is 0 Å². The van der Waals surface area contributed by atoms with Crippen molar-refractivity contribution in [2.24, 2.45) is 0 Å². The molecule has 3 aromatic heterocycles. The summed E-state index contributed by atoms with van der Waals surface area (Å²) in [7, 11) is 0. The van der Waals surface area contributed by atoms with Crippen LogP contribution in [0.1, 0.15) is 15.6 Å². The van der Waals surface area contributed by atoms with Gasteiger partial charge in [-0.05, 0) is 24.6 Å². The van der Waals surface area contributed by atoms with E-state index in [0.29, 0.717) is 10.7 Å². The molecule has 3 heterocycles. The average Bonchev–Trinajstić information content (AvgIpc) is 3.20. The number of hydrogen-bond acceptors (Lipinski definition) is 5. The Labute approximate surface area is 146 Å². The third-order valence-electron chi connectivity index (χ3n) is 3.55. The van der Waals surface area contributed by atoms with E-state index in [2.05, 4.69) is 9.97 Å². The normalized spacial score (nSPS) is 11.5. The molecule has 0 unspecified atom stereocenters. The van der Waals surface area contributed by atoms with Gasteiger partial charge in [0.15, 0.2) is 4.96 Å². The van der Waals surface area contributed by atoms with E-state index in [-0.39, 0.29) is 5.56 Å². The van der Waals surface area contributed by atoms with Gasteiger partial charge in [0.05, 0.1) is 16.4 Å². The molecular weight excluding hydrogens is 338 g/mol. The molecule has 1 aromatic carbocycles.